The van der Waals surface area contributed by atoms with Crippen LogP contribution in [-0.2, 0) is 0 Å². The second kappa shape index (κ2) is 6.22. The van der Waals surface area contributed by atoms with E-state index in [-0.39, 0.29) is 0 Å². The van der Waals surface area contributed by atoms with Gasteiger partial charge in [0.2, 0.25) is 0 Å². The molecule has 0 spiro atoms. The lowest BCUT2D eigenvalue weighted by Crippen LogP contribution is -2.13. The van der Waals surface area contributed by atoms with Gasteiger partial charge in [0.05, 0.1) is 12.2 Å². The van der Waals surface area contributed by atoms with E-state index in [1.54, 1.807) is 0 Å². The highest BCUT2D eigenvalue weighted by Crippen LogP contribution is 2.25. The molecule has 0 aliphatic carbocycles. The van der Waals surface area contributed by atoms with Gasteiger partial charge < -0.3 is 10.1 Å². The molecule has 2 heterocycles. The smallest absolute Gasteiger partial charge is 0.127 e. The van der Waals surface area contributed by atoms with E-state index >= 15 is 0 Å². The van der Waals surface area contributed by atoms with E-state index < -0.39 is 0 Å². The van der Waals surface area contributed by atoms with Crippen LogP contribution in [0.15, 0.2) is 60.8 Å². The van der Waals surface area contributed by atoms with Crippen molar-refractivity contribution >= 4 is 0 Å². The quantitative estimate of drug-likeness (QED) is 0.804. The molecule has 5 nitrogen and oxygen atoms in total. The maximum Gasteiger partial charge on any atom is 0.127 e. The topological polar surface area (TPSA) is 52.0 Å². The van der Waals surface area contributed by atoms with Crippen molar-refractivity contribution in [1.29, 1.82) is 0 Å². The fourth-order valence-electron chi connectivity index (χ4n) is 2.77. The summed E-state index contributed by atoms with van der Waals surface area (Å²) in [5.41, 5.74) is 1.94. The van der Waals surface area contributed by atoms with Crippen LogP contribution in [0.2, 0.25) is 0 Å². The number of hydrogen-bond acceptors (Lipinski definition) is 4. The maximum absolute atomic E-state index is 5.81. The Hall–Kier alpha value is -2.66. The molecule has 1 fully saturated rings. The standard InChI is InChI=1S/C18H18N4O/c1-2-4-16(5-3-1)23-17-8-6-14(7-9-17)18-13-22(21-20-18)15-10-11-19-12-15/h1-9,13,15,19H,10-12H2. The molecule has 1 saturated heterocycles. The summed E-state index contributed by atoms with van der Waals surface area (Å²) < 4.78 is 7.77. The molecule has 1 N–H and O–H groups in total. The zero-order valence-corrected chi connectivity index (χ0v) is 12.7. The van der Waals surface area contributed by atoms with Crippen molar-refractivity contribution in [3.63, 3.8) is 0 Å². The Labute approximate surface area is 134 Å². The molecule has 1 atom stereocenters. The highest BCUT2D eigenvalue weighted by Gasteiger charge is 2.18. The summed E-state index contributed by atoms with van der Waals surface area (Å²) in [6.07, 6.45) is 3.12. The van der Waals surface area contributed by atoms with Crippen LogP contribution in [0.1, 0.15) is 12.5 Å². The summed E-state index contributed by atoms with van der Waals surface area (Å²) in [5, 5.41) is 11.9. The zero-order valence-electron chi connectivity index (χ0n) is 12.7. The van der Waals surface area contributed by atoms with Gasteiger partial charge in [-0.1, -0.05) is 23.4 Å². The van der Waals surface area contributed by atoms with Gasteiger partial charge in [0.25, 0.3) is 0 Å². The molecule has 0 bridgehead atoms. The fourth-order valence-corrected chi connectivity index (χ4v) is 2.77. The molecule has 116 valence electrons. The number of rotatable bonds is 4. The van der Waals surface area contributed by atoms with Gasteiger partial charge in [0, 0.05) is 12.1 Å². The van der Waals surface area contributed by atoms with Gasteiger partial charge in [0.15, 0.2) is 0 Å². The second-order valence-electron chi connectivity index (χ2n) is 5.67. The normalized spacial score (nSPS) is 17.3. The molecule has 4 rings (SSSR count). The zero-order chi connectivity index (χ0) is 15.5. The van der Waals surface area contributed by atoms with Gasteiger partial charge in [-0.05, 0) is 49.4 Å². The molecule has 0 saturated carbocycles. The number of nitrogens with one attached hydrogen (secondary N) is 1. The third-order valence-corrected chi connectivity index (χ3v) is 4.05. The second-order valence-corrected chi connectivity index (χ2v) is 5.67. The minimum Gasteiger partial charge on any atom is -0.457 e. The minimum atomic E-state index is 0.414. The van der Waals surface area contributed by atoms with Gasteiger partial charge in [-0.3, -0.25) is 0 Å². The van der Waals surface area contributed by atoms with Crippen molar-refractivity contribution in [2.24, 2.45) is 0 Å². The molecule has 1 aliphatic rings. The Balaban J connectivity index is 1.49. The van der Waals surface area contributed by atoms with Crippen LogP contribution in [0.3, 0.4) is 0 Å². The monoisotopic (exact) mass is 306 g/mol. The lowest BCUT2D eigenvalue weighted by atomic mass is 10.1. The van der Waals surface area contributed by atoms with E-state index in [1.165, 1.54) is 0 Å². The first-order valence-corrected chi connectivity index (χ1v) is 7.84. The van der Waals surface area contributed by atoms with E-state index in [0.29, 0.717) is 6.04 Å². The SMILES string of the molecule is c1ccc(Oc2ccc(-c3cn(C4CCNC4)nn3)cc2)cc1. The number of aromatic nitrogens is 3. The van der Waals surface area contributed by atoms with E-state index in [4.69, 9.17) is 4.74 Å². The van der Waals surface area contributed by atoms with Crippen LogP contribution in [0.4, 0.5) is 0 Å². The molecule has 1 aliphatic heterocycles. The van der Waals surface area contributed by atoms with Crippen molar-refractivity contribution in [2.45, 2.75) is 12.5 Å². The van der Waals surface area contributed by atoms with Gasteiger partial charge in [-0.15, -0.1) is 5.10 Å². The van der Waals surface area contributed by atoms with Crippen LogP contribution in [0.5, 0.6) is 11.5 Å². The predicted molar refractivity (Wildman–Crippen MR) is 88.5 cm³/mol. The number of hydrogen-bond donors (Lipinski definition) is 1. The first-order valence-electron chi connectivity index (χ1n) is 7.84. The molecule has 3 aromatic rings. The Kier molecular flexibility index (Phi) is 3.78. The maximum atomic E-state index is 5.81. The average Bonchev–Trinajstić information content (AvgIpc) is 3.28. The van der Waals surface area contributed by atoms with Crippen molar-refractivity contribution < 1.29 is 4.74 Å². The summed E-state index contributed by atoms with van der Waals surface area (Å²) in [6.45, 7) is 2.01. The van der Waals surface area contributed by atoms with Gasteiger partial charge in [0.1, 0.15) is 17.2 Å². The van der Waals surface area contributed by atoms with Crippen LogP contribution in [0.25, 0.3) is 11.3 Å². The summed E-state index contributed by atoms with van der Waals surface area (Å²) >= 11 is 0. The number of para-hydroxylation sites is 1. The molecule has 0 amide bonds. The summed E-state index contributed by atoms with van der Waals surface area (Å²) in [7, 11) is 0. The first-order chi connectivity index (χ1) is 11.4. The molecule has 0 radical (unpaired) electrons. The molecular formula is C18H18N4O. The Morgan fingerprint density at radius 1 is 1.00 bits per heavy atom. The van der Waals surface area contributed by atoms with Crippen molar-refractivity contribution in [3.8, 4) is 22.8 Å². The van der Waals surface area contributed by atoms with Crippen LogP contribution in [0, 0.1) is 0 Å². The van der Waals surface area contributed by atoms with E-state index in [0.717, 1.165) is 42.3 Å². The highest BCUT2D eigenvalue weighted by atomic mass is 16.5. The third-order valence-electron chi connectivity index (χ3n) is 4.05. The fraction of sp³-hybridized carbons (Fsp3) is 0.222. The summed E-state index contributed by atoms with van der Waals surface area (Å²) in [5.74, 6) is 1.65. The number of nitrogens with zero attached hydrogens (tertiary/aromatic N) is 3. The Morgan fingerprint density at radius 2 is 1.78 bits per heavy atom. The highest BCUT2D eigenvalue weighted by molar-refractivity contribution is 5.58. The molecule has 5 heteroatoms. The molecule has 2 aromatic carbocycles. The molecule has 1 unspecified atom stereocenters. The third kappa shape index (κ3) is 3.10. The molecule has 23 heavy (non-hydrogen) atoms. The first kappa shape index (κ1) is 14.0. The van der Waals surface area contributed by atoms with Crippen molar-refractivity contribution in [2.75, 3.05) is 13.1 Å². The van der Waals surface area contributed by atoms with Crippen LogP contribution < -0.4 is 10.1 Å². The van der Waals surface area contributed by atoms with Gasteiger partial charge in [-0.25, -0.2) is 4.68 Å². The Bertz CT molecular complexity index is 761. The van der Waals surface area contributed by atoms with Gasteiger partial charge >= 0.3 is 0 Å². The van der Waals surface area contributed by atoms with Crippen LogP contribution in [-0.4, -0.2) is 28.1 Å². The largest absolute Gasteiger partial charge is 0.457 e. The molecule has 1 aromatic heterocycles. The summed E-state index contributed by atoms with van der Waals surface area (Å²) in [4.78, 5) is 0. The van der Waals surface area contributed by atoms with Crippen molar-refractivity contribution in [3.05, 3.63) is 60.8 Å². The van der Waals surface area contributed by atoms with Gasteiger partial charge in [-0.2, -0.15) is 0 Å². The summed E-state index contributed by atoms with van der Waals surface area (Å²) in [6, 6.07) is 18.1. The average molecular weight is 306 g/mol. The van der Waals surface area contributed by atoms with E-state index in [1.807, 2.05) is 65.5 Å². The lowest BCUT2D eigenvalue weighted by molar-refractivity contribution is 0.476. The molecular weight excluding hydrogens is 288 g/mol. The Morgan fingerprint density at radius 3 is 2.52 bits per heavy atom. The number of benzene rings is 2. The minimum absolute atomic E-state index is 0.414. The van der Waals surface area contributed by atoms with Crippen LogP contribution >= 0.6 is 0 Å². The number of ether oxygens (including phenoxy) is 1. The van der Waals surface area contributed by atoms with E-state index in [2.05, 4.69) is 15.6 Å². The van der Waals surface area contributed by atoms with E-state index in [9.17, 15) is 0 Å². The predicted octanol–water partition coefficient (Wildman–Crippen LogP) is 3.27. The lowest BCUT2D eigenvalue weighted by Gasteiger charge is -2.06. The van der Waals surface area contributed by atoms with Crippen molar-refractivity contribution in [1.82, 2.24) is 20.3 Å².